The van der Waals surface area contributed by atoms with Crippen molar-refractivity contribution in [1.82, 2.24) is 9.88 Å². The molecule has 2 heterocycles. The molecule has 0 aliphatic carbocycles. The van der Waals surface area contributed by atoms with Crippen LogP contribution < -0.4 is 10.5 Å². The van der Waals surface area contributed by atoms with Gasteiger partial charge in [-0.1, -0.05) is 17.7 Å². The molecule has 6 heteroatoms. The molecule has 1 saturated heterocycles. The number of benzene rings is 1. The van der Waals surface area contributed by atoms with Crippen molar-refractivity contribution >= 4 is 23.2 Å². The van der Waals surface area contributed by atoms with Gasteiger partial charge in [0, 0.05) is 54.7 Å². The molecule has 1 aromatic carbocycles. The highest BCUT2D eigenvalue weighted by molar-refractivity contribution is 6.31. The molecule has 0 atom stereocenters. The van der Waals surface area contributed by atoms with E-state index in [2.05, 4.69) is 16.0 Å². The summed E-state index contributed by atoms with van der Waals surface area (Å²) in [5.74, 6) is -0.0919. The molecule has 1 aliphatic rings. The summed E-state index contributed by atoms with van der Waals surface area (Å²) in [6.07, 6.45) is 2.38. The Morgan fingerprint density at radius 2 is 2.00 bits per heavy atom. The minimum Gasteiger partial charge on any atom is -0.369 e. The highest BCUT2D eigenvalue weighted by atomic mass is 35.5. The second kappa shape index (κ2) is 7.09. The maximum atomic E-state index is 12.6. The van der Waals surface area contributed by atoms with Crippen molar-refractivity contribution in [3.8, 4) is 0 Å². The van der Waals surface area contributed by atoms with Crippen LogP contribution in [-0.4, -0.2) is 42.0 Å². The van der Waals surface area contributed by atoms with Crippen LogP contribution in [0.4, 0.5) is 5.69 Å². The van der Waals surface area contributed by atoms with Gasteiger partial charge in [-0.3, -0.25) is 9.59 Å². The maximum absolute atomic E-state index is 12.6. The van der Waals surface area contributed by atoms with Gasteiger partial charge in [0.25, 0.3) is 5.91 Å². The molecule has 1 amide bonds. The first-order chi connectivity index (χ1) is 11.6. The predicted octanol–water partition coefficient (Wildman–Crippen LogP) is 2.69. The molecule has 2 aromatic rings. The van der Waals surface area contributed by atoms with E-state index in [-0.39, 0.29) is 11.5 Å². The number of nitrogens with zero attached hydrogens (tertiary/aromatic N) is 2. The molecule has 1 aromatic heterocycles. The smallest absolute Gasteiger partial charge is 0.254 e. The van der Waals surface area contributed by atoms with E-state index in [9.17, 15) is 9.59 Å². The Labute approximate surface area is 145 Å². The first-order valence-corrected chi connectivity index (χ1v) is 8.42. The fraction of sp³-hybridized carbons (Fsp3) is 0.333. The van der Waals surface area contributed by atoms with Gasteiger partial charge in [-0.05, 0) is 37.1 Å². The number of anilines is 1. The average Bonchev–Trinajstić information content (AvgIpc) is 2.83. The molecule has 5 nitrogen and oxygen atoms in total. The van der Waals surface area contributed by atoms with Crippen LogP contribution in [-0.2, 0) is 0 Å². The number of amides is 1. The van der Waals surface area contributed by atoms with Gasteiger partial charge in [0.15, 0.2) is 0 Å². The third-order valence-corrected chi connectivity index (χ3v) is 4.79. The molecule has 0 spiro atoms. The zero-order valence-corrected chi connectivity index (χ0v) is 14.3. The van der Waals surface area contributed by atoms with Gasteiger partial charge >= 0.3 is 0 Å². The van der Waals surface area contributed by atoms with E-state index in [4.69, 9.17) is 11.6 Å². The number of halogens is 1. The SMILES string of the molecule is Cc1c(Cl)cccc1N1CCCN(C(=O)c2cc[nH]c(=O)c2)CC1. The van der Waals surface area contributed by atoms with Gasteiger partial charge in [-0.2, -0.15) is 0 Å². The van der Waals surface area contributed by atoms with Crippen molar-refractivity contribution < 1.29 is 4.79 Å². The van der Waals surface area contributed by atoms with Crippen LogP contribution in [0.5, 0.6) is 0 Å². The number of nitrogens with one attached hydrogen (secondary N) is 1. The number of pyridine rings is 1. The Hall–Kier alpha value is -2.27. The van der Waals surface area contributed by atoms with E-state index >= 15 is 0 Å². The molecule has 3 rings (SSSR count). The van der Waals surface area contributed by atoms with Gasteiger partial charge in [0.05, 0.1) is 0 Å². The first kappa shape index (κ1) is 16.6. The lowest BCUT2D eigenvalue weighted by Gasteiger charge is -2.25. The zero-order chi connectivity index (χ0) is 17.1. The number of carbonyl (C=O) groups is 1. The number of hydrogen-bond acceptors (Lipinski definition) is 3. The lowest BCUT2D eigenvalue weighted by Crippen LogP contribution is -2.35. The summed E-state index contributed by atoms with van der Waals surface area (Å²) < 4.78 is 0. The molecule has 24 heavy (non-hydrogen) atoms. The molecule has 0 saturated carbocycles. The quantitative estimate of drug-likeness (QED) is 0.910. The fourth-order valence-corrected chi connectivity index (χ4v) is 3.23. The zero-order valence-electron chi connectivity index (χ0n) is 13.6. The molecule has 126 valence electrons. The molecule has 1 aliphatic heterocycles. The van der Waals surface area contributed by atoms with Crippen molar-refractivity contribution in [3.63, 3.8) is 0 Å². The van der Waals surface area contributed by atoms with Crippen LogP contribution in [0.25, 0.3) is 0 Å². The lowest BCUT2D eigenvalue weighted by atomic mass is 10.1. The third-order valence-electron chi connectivity index (χ3n) is 4.38. The van der Waals surface area contributed by atoms with Crippen molar-refractivity contribution in [2.45, 2.75) is 13.3 Å². The van der Waals surface area contributed by atoms with E-state index in [1.165, 1.54) is 12.3 Å². The molecule has 0 radical (unpaired) electrons. The molecule has 0 unspecified atom stereocenters. The summed E-state index contributed by atoms with van der Waals surface area (Å²) >= 11 is 6.22. The number of hydrogen-bond donors (Lipinski definition) is 1. The van der Waals surface area contributed by atoms with Gasteiger partial charge < -0.3 is 14.8 Å². The molecule has 1 N–H and O–H groups in total. The summed E-state index contributed by atoms with van der Waals surface area (Å²) in [5, 5.41) is 0.758. The van der Waals surface area contributed by atoms with E-state index < -0.39 is 0 Å². The highest BCUT2D eigenvalue weighted by Gasteiger charge is 2.21. The van der Waals surface area contributed by atoms with Gasteiger partial charge in [0.1, 0.15) is 0 Å². The molecule has 0 bridgehead atoms. The van der Waals surface area contributed by atoms with Crippen LogP contribution in [0.1, 0.15) is 22.3 Å². The van der Waals surface area contributed by atoms with Crippen molar-refractivity contribution in [3.05, 3.63) is 63.0 Å². The Morgan fingerprint density at radius 3 is 2.79 bits per heavy atom. The van der Waals surface area contributed by atoms with Gasteiger partial charge in [-0.15, -0.1) is 0 Å². The number of aromatic amines is 1. The Kier molecular flexibility index (Phi) is 4.90. The van der Waals surface area contributed by atoms with Crippen molar-refractivity contribution in [1.29, 1.82) is 0 Å². The largest absolute Gasteiger partial charge is 0.369 e. The van der Waals surface area contributed by atoms with Crippen LogP contribution in [0.15, 0.2) is 41.3 Å². The standard InChI is InChI=1S/C18H20ClN3O2/c1-13-15(19)4-2-5-16(13)21-8-3-9-22(11-10-21)18(24)14-6-7-20-17(23)12-14/h2,4-7,12H,3,8-11H2,1H3,(H,20,23). The number of H-pyrrole nitrogens is 1. The summed E-state index contributed by atoms with van der Waals surface area (Å²) in [5.41, 5.74) is 2.36. The van der Waals surface area contributed by atoms with Crippen LogP contribution in [0, 0.1) is 6.92 Å². The third kappa shape index (κ3) is 3.46. The summed E-state index contributed by atoms with van der Waals surface area (Å²) in [6, 6.07) is 8.91. The van der Waals surface area contributed by atoms with Crippen LogP contribution in [0.3, 0.4) is 0 Å². The maximum Gasteiger partial charge on any atom is 0.254 e. The predicted molar refractivity (Wildman–Crippen MR) is 96.0 cm³/mol. The van der Waals surface area contributed by atoms with E-state index in [1.807, 2.05) is 24.0 Å². The topological polar surface area (TPSA) is 56.4 Å². The Balaban J connectivity index is 1.74. The van der Waals surface area contributed by atoms with Crippen LogP contribution >= 0.6 is 11.6 Å². The summed E-state index contributed by atoms with van der Waals surface area (Å²) in [4.78, 5) is 30.6. The Morgan fingerprint density at radius 1 is 1.17 bits per heavy atom. The second-order valence-corrected chi connectivity index (χ2v) is 6.37. The number of aromatic nitrogens is 1. The summed E-state index contributed by atoms with van der Waals surface area (Å²) in [7, 11) is 0. The van der Waals surface area contributed by atoms with E-state index in [0.29, 0.717) is 18.7 Å². The minimum absolute atomic E-state index is 0.0919. The Bertz CT molecular complexity index is 803. The average molecular weight is 346 g/mol. The fourth-order valence-electron chi connectivity index (χ4n) is 3.06. The van der Waals surface area contributed by atoms with Gasteiger partial charge in [-0.25, -0.2) is 0 Å². The lowest BCUT2D eigenvalue weighted by molar-refractivity contribution is 0.0767. The van der Waals surface area contributed by atoms with Gasteiger partial charge in [0.2, 0.25) is 5.56 Å². The molecule has 1 fully saturated rings. The number of carbonyl (C=O) groups excluding carboxylic acids is 1. The molecular weight excluding hydrogens is 326 g/mol. The van der Waals surface area contributed by atoms with Crippen LogP contribution in [0.2, 0.25) is 5.02 Å². The first-order valence-electron chi connectivity index (χ1n) is 8.04. The highest BCUT2D eigenvalue weighted by Crippen LogP contribution is 2.27. The normalized spacial score (nSPS) is 15.2. The van der Waals surface area contributed by atoms with E-state index in [0.717, 1.165) is 35.8 Å². The minimum atomic E-state index is -0.258. The van der Waals surface area contributed by atoms with Crippen molar-refractivity contribution in [2.24, 2.45) is 0 Å². The summed E-state index contributed by atoms with van der Waals surface area (Å²) in [6.45, 7) is 4.94. The second-order valence-electron chi connectivity index (χ2n) is 5.96. The monoisotopic (exact) mass is 345 g/mol. The van der Waals surface area contributed by atoms with E-state index in [1.54, 1.807) is 6.07 Å². The number of rotatable bonds is 2. The van der Waals surface area contributed by atoms with Crippen molar-refractivity contribution in [2.75, 3.05) is 31.1 Å². The molecular formula is C18H20ClN3O2.